The second-order valence-corrected chi connectivity index (χ2v) is 10.5. The van der Waals surface area contributed by atoms with Gasteiger partial charge in [0.15, 0.2) is 0 Å². The lowest BCUT2D eigenvalue weighted by Gasteiger charge is -2.25. The minimum atomic E-state index is -3.53. The number of hydrogen-bond donors (Lipinski definition) is 1. The summed E-state index contributed by atoms with van der Waals surface area (Å²) in [6.07, 6.45) is 6.05. The number of rotatable bonds is 8. The van der Waals surface area contributed by atoms with Crippen molar-refractivity contribution in [1.29, 1.82) is 0 Å². The van der Waals surface area contributed by atoms with Gasteiger partial charge in [-0.2, -0.15) is 0 Å². The van der Waals surface area contributed by atoms with Gasteiger partial charge in [0, 0.05) is 11.6 Å². The minimum absolute atomic E-state index is 0.0502. The average Bonchev–Trinajstić information content (AvgIpc) is 3.36. The van der Waals surface area contributed by atoms with Crippen molar-refractivity contribution in [3.63, 3.8) is 0 Å². The normalized spacial score (nSPS) is 22.3. The van der Waals surface area contributed by atoms with E-state index in [2.05, 4.69) is 5.32 Å². The van der Waals surface area contributed by atoms with Crippen LogP contribution < -0.4 is 14.4 Å². The number of fused-ring (bicyclic) bond motifs is 2. The third kappa shape index (κ3) is 4.87. The van der Waals surface area contributed by atoms with E-state index < -0.39 is 10.0 Å². The van der Waals surface area contributed by atoms with Crippen molar-refractivity contribution in [2.45, 2.75) is 45.2 Å². The molecule has 7 heteroatoms. The van der Waals surface area contributed by atoms with Crippen LogP contribution in [-0.4, -0.2) is 33.2 Å². The number of hydrogen-bond acceptors (Lipinski definition) is 4. The van der Waals surface area contributed by atoms with E-state index in [-0.39, 0.29) is 12.5 Å². The van der Waals surface area contributed by atoms with Gasteiger partial charge in [-0.1, -0.05) is 30.7 Å². The van der Waals surface area contributed by atoms with Crippen LogP contribution in [0.1, 0.15) is 48.5 Å². The van der Waals surface area contributed by atoms with Crippen molar-refractivity contribution in [1.82, 2.24) is 5.32 Å². The van der Waals surface area contributed by atoms with Gasteiger partial charge in [0.25, 0.3) is 5.91 Å². The molecule has 2 saturated carbocycles. The van der Waals surface area contributed by atoms with Gasteiger partial charge in [-0.05, 0) is 67.9 Å². The number of para-hydroxylation sites is 2. The molecule has 0 spiro atoms. The van der Waals surface area contributed by atoms with Crippen LogP contribution in [0.5, 0.6) is 5.75 Å². The zero-order valence-electron chi connectivity index (χ0n) is 18.1. The highest BCUT2D eigenvalue weighted by Crippen LogP contribution is 2.44. The molecular formula is C24H30N2O4S. The smallest absolute Gasteiger partial charge is 0.251 e. The Morgan fingerprint density at radius 3 is 2.45 bits per heavy atom. The van der Waals surface area contributed by atoms with Crippen molar-refractivity contribution in [3.8, 4) is 5.75 Å². The molecule has 2 aliphatic rings. The van der Waals surface area contributed by atoms with Crippen molar-refractivity contribution >= 4 is 21.6 Å². The number of carbonyl (C=O) groups is 1. The highest BCUT2D eigenvalue weighted by Gasteiger charge is 2.40. The predicted octanol–water partition coefficient (Wildman–Crippen LogP) is 3.97. The quantitative estimate of drug-likeness (QED) is 0.671. The van der Waals surface area contributed by atoms with E-state index in [4.69, 9.17) is 4.74 Å². The molecule has 3 unspecified atom stereocenters. The number of nitrogens with zero attached hydrogens (tertiary/aromatic N) is 1. The molecule has 0 heterocycles. The van der Waals surface area contributed by atoms with Crippen LogP contribution in [0.25, 0.3) is 0 Å². The van der Waals surface area contributed by atoms with Crippen molar-refractivity contribution in [2.24, 2.45) is 11.8 Å². The Hall–Kier alpha value is -2.54. The highest BCUT2D eigenvalue weighted by atomic mass is 32.2. The molecule has 2 aliphatic carbocycles. The molecule has 6 nitrogen and oxygen atoms in total. The maximum absolute atomic E-state index is 12.7. The fraction of sp³-hybridized carbons (Fsp3) is 0.458. The molecule has 2 aromatic carbocycles. The Labute approximate surface area is 184 Å². The highest BCUT2D eigenvalue weighted by molar-refractivity contribution is 7.92. The summed E-state index contributed by atoms with van der Waals surface area (Å²) in [6.45, 7) is 2.47. The summed E-state index contributed by atoms with van der Waals surface area (Å²) in [6, 6.07) is 14.6. The van der Waals surface area contributed by atoms with E-state index in [0.29, 0.717) is 35.6 Å². The number of ether oxygens (including phenoxy) is 1. The molecule has 2 fully saturated rings. The van der Waals surface area contributed by atoms with Crippen molar-refractivity contribution in [3.05, 3.63) is 59.7 Å². The summed E-state index contributed by atoms with van der Waals surface area (Å²) >= 11 is 0. The Kier molecular flexibility index (Phi) is 6.23. The van der Waals surface area contributed by atoms with Crippen LogP contribution in [0.4, 0.5) is 5.69 Å². The van der Waals surface area contributed by atoms with E-state index in [1.807, 2.05) is 25.1 Å². The third-order valence-electron chi connectivity index (χ3n) is 6.43. The first-order chi connectivity index (χ1) is 14.8. The zero-order valence-corrected chi connectivity index (χ0v) is 18.9. The molecule has 2 bridgehead atoms. The van der Waals surface area contributed by atoms with Crippen LogP contribution in [0.3, 0.4) is 0 Å². The number of sulfonamides is 1. The first-order valence-corrected chi connectivity index (χ1v) is 12.8. The maximum atomic E-state index is 12.7. The zero-order chi connectivity index (χ0) is 22.0. The fourth-order valence-corrected chi connectivity index (χ4v) is 5.81. The van der Waals surface area contributed by atoms with E-state index >= 15 is 0 Å². The van der Waals surface area contributed by atoms with Gasteiger partial charge in [-0.3, -0.25) is 9.10 Å². The number of amides is 1. The molecule has 166 valence electrons. The second kappa shape index (κ2) is 8.91. The summed E-state index contributed by atoms with van der Waals surface area (Å²) in [5, 5.41) is 3.20. The first-order valence-electron chi connectivity index (χ1n) is 10.9. The Morgan fingerprint density at radius 2 is 1.84 bits per heavy atom. The summed E-state index contributed by atoms with van der Waals surface area (Å²) in [7, 11) is -3.53. The van der Waals surface area contributed by atoms with E-state index in [1.165, 1.54) is 29.8 Å². The van der Waals surface area contributed by atoms with E-state index in [9.17, 15) is 13.2 Å². The van der Waals surface area contributed by atoms with E-state index in [1.54, 1.807) is 30.3 Å². The minimum Gasteiger partial charge on any atom is -0.492 e. The SMILES string of the molecule is CCOc1ccccc1N(Cc1ccc(C(=O)NC2CC3CCC2C3)cc1)S(C)(=O)=O. The predicted molar refractivity (Wildman–Crippen MR) is 122 cm³/mol. The van der Waals surface area contributed by atoms with Crippen LogP contribution in [0.2, 0.25) is 0 Å². The summed E-state index contributed by atoms with van der Waals surface area (Å²) < 4.78 is 32.0. The van der Waals surface area contributed by atoms with Crippen LogP contribution in [-0.2, 0) is 16.6 Å². The molecule has 31 heavy (non-hydrogen) atoms. The maximum Gasteiger partial charge on any atom is 0.251 e. The van der Waals surface area contributed by atoms with Crippen LogP contribution >= 0.6 is 0 Å². The lowest BCUT2D eigenvalue weighted by atomic mass is 9.95. The van der Waals surface area contributed by atoms with Gasteiger partial charge in [-0.25, -0.2) is 8.42 Å². The standard InChI is InChI=1S/C24H30N2O4S/c1-3-30-23-7-5-4-6-22(23)26(31(2,28)29)16-17-8-11-19(12-9-17)24(27)25-21-15-18-10-13-20(21)14-18/h4-9,11-12,18,20-21H,3,10,13-16H2,1-2H3,(H,25,27). The molecule has 1 N–H and O–H groups in total. The average molecular weight is 443 g/mol. The molecule has 2 aromatic rings. The Balaban J connectivity index is 1.48. The van der Waals surface area contributed by atoms with Gasteiger partial charge >= 0.3 is 0 Å². The van der Waals surface area contributed by atoms with Crippen molar-refractivity contribution in [2.75, 3.05) is 17.2 Å². The van der Waals surface area contributed by atoms with E-state index in [0.717, 1.165) is 17.9 Å². The largest absolute Gasteiger partial charge is 0.492 e. The van der Waals surface area contributed by atoms with Gasteiger partial charge in [0.1, 0.15) is 5.75 Å². The Morgan fingerprint density at radius 1 is 1.10 bits per heavy atom. The van der Waals surface area contributed by atoms with Crippen LogP contribution in [0, 0.1) is 11.8 Å². The molecule has 0 aliphatic heterocycles. The summed E-state index contributed by atoms with van der Waals surface area (Å²) in [5.74, 6) is 1.88. The molecule has 1 amide bonds. The van der Waals surface area contributed by atoms with Crippen molar-refractivity contribution < 1.29 is 17.9 Å². The topological polar surface area (TPSA) is 75.7 Å². The number of nitrogens with one attached hydrogen (secondary N) is 1. The molecule has 0 aromatic heterocycles. The first kappa shape index (κ1) is 21.7. The number of benzene rings is 2. The molecule has 3 atom stereocenters. The summed E-state index contributed by atoms with van der Waals surface area (Å²) in [5.41, 5.74) is 1.91. The lowest BCUT2D eigenvalue weighted by molar-refractivity contribution is 0.0923. The number of anilines is 1. The third-order valence-corrected chi connectivity index (χ3v) is 7.56. The molecule has 0 radical (unpaired) electrons. The van der Waals surface area contributed by atoms with Crippen LogP contribution in [0.15, 0.2) is 48.5 Å². The van der Waals surface area contributed by atoms with Gasteiger partial charge in [-0.15, -0.1) is 0 Å². The monoisotopic (exact) mass is 442 g/mol. The number of carbonyl (C=O) groups excluding carboxylic acids is 1. The molecule has 4 rings (SSSR count). The molecule has 0 saturated heterocycles. The molecular weight excluding hydrogens is 412 g/mol. The fourth-order valence-electron chi connectivity index (χ4n) is 4.92. The second-order valence-electron chi connectivity index (χ2n) is 8.62. The van der Waals surface area contributed by atoms with Gasteiger partial charge in [0.2, 0.25) is 10.0 Å². The Bertz CT molecular complexity index is 1040. The van der Waals surface area contributed by atoms with Gasteiger partial charge in [0.05, 0.1) is 25.1 Å². The lowest BCUT2D eigenvalue weighted by Crippen LogP contribution is -2.38. The summed E-state index contributed by atoms with van der Waals surface area (Å²) in [4.78, 5) is 12.7. The van der Waals surface area contributed by atoms with Gasteiger partial charge < -0.3 is 10.1 Å².